The van der Waals surface area contributed by atoms with Crippen LogP contribution in [-0.2, 0) is 9.53 Å². The normalized spacial score (nSPS) is 23.6. The first-order chi connectivity index (χ1) is 14.4. The van der Waals surface area contributed by atoms with Gasteiger partial charge in [-0.15, -0.1) is 6.42 Å². The Kier molecular flexibility index (Phi) is 6.61. The molecule has 0 spiro atoms. The standard InChI is InChI=1S/C24H27FN2O3/c1-5-7-17(8-6-2)14-30-24(29)26-22-15(3)23(18-9-10-18)27(16(4)28)21-13-19(25)11-12-20(21)22/h1,6-8,11-13,15,18,22-23H,9-10,14H2,2-4H3,(H,26,29)/b8-6-,17-7+/t15-,22?,23-/m1/s1. The molecule has 1 aliphatic heterocycles. The first-order valence-electron chi connectivity index (χ1n) is 10.2. The van der Waals surface area contributed by atoms with Gasteiger partial charge in [0.2, 0.25) is 5.91 Å². The lowest BCUT2D eigenvalue weighted by atomic mass is 9.80. The van der Waals surface area contributed by atoms with Gasteiger partial charge < -0.3 is 15.0 Å². The number of hydrogen-bond acceptors (Lipinski definition) is 3. The van der Waals surface area contributed by atoms with Gasteiger partial charge >= 0.3 is 6.09 Å². The van der Waals surface area contributed by atoms with Gasteiger partial charge in [0.05, 0.1) is 11.7 Å². The molecule has 0 saturated heterocycles. The third kappa shape index (κ3) is 4.56. The SMILES string of the molecule is C#C/C=C(\C=C/C)COC(=O)NC1c2ccc(F)cc2N(C(C)=O)[C@@H](C2CC2)[C@@H]1C. The fourth-order valence-corrected chi connectivity index (χ4v) is 4.31. The molecule has 1 saturated carbocycles. The molecule has 1 N–H and O–H groups in total. The lowest BCUT2D eigenvalue weighted by Gasteiger charge is -2.45. The number of allylic oxidation sites excluding steroid dienone is 2. The molecule has 0 aromatic heterocycles. The number of ether oxygens (including phenoxy) is 1. The number of amides is 2. The number of carbonyl (C=O) groups excluding carboxylic acids is 2. The van der Waals surface area contributed by atoms with E-state index in [0.29, 0.717) is 22.7 Å². The van der Waals surface area contributed by atoms with E-state index in [0.717, 1.165) is 12.8 Å². The number of nitrogens with zero attached hydrogens (tertiary/aromatic N) is 1. The lowest BCUT2D eigenvalue weighted by molar-refractivity contribution is -0.117. The average molecular weight is 410 g/mol. The third-order valence-electron chi connectivity index (χ3n) is 5.69. The Labute approximate surface area is 177 Å². The zero-order valence-electron chi connectivity index (χ0n) is 17.5. The first kappa shape index (κ1) is 21.6. The lowest BCUT2D eigenvalue weighted by Crippen LogP contribution is -2.53. The highest BCUT2D eigenvalue weighted by Gasteiger charge is 2.48. The Morgan fingerprint density at radius 3 is 2.73 bits per heavy atom. The zero-order valence-corrected chi connectivity index (χ0v) is 17.5. The van der Waals surface area contributed by atoms with Crippen molar-refractivity contribution in [1.82, 2.24) is 5.32 Å². The Morgan fingerprint density at radius 2 is 2.13 bits per heavy atom. The molecule has 6 heteroatoms. The van der Waals surface area contributed by atoms with Gasteiger partial charge in [0.1, 0.15) is 12.4 Å². The molecule has 1 unspecified atom stereocenters. The Bertz CT molecular complexity index is 927. The molecule has 1 fully saturated rings. The average Bonchev–Trinajstić information content (AvgIpc) is 3.52. The van der Waals surface area contributed by atoms with E-state index in [1.807, 2.05) is 19.9 Å². The van der Waals surface area contributed by atoms with Crippen LogP contribution in [0.15, 0.2) is 42.0 Å². The van der Waals surface area contributed by atoms with Crippen molar-refractivity contribution >= 4 is 17.7 Å². The minimum absolute atomic E-state index is 0.0450. The Morgan fingerprint density at radius 1 is 1.40 bits per heavy atom. The highest BCUT2D eigenvalue weighted by molar-refractivity contribution is 5.94. The quantitative estimate of drug-likeness (QED) is 0.574. The highest BCUT2D eigenvalue weighted by Crippen LogP contribution is 2.49. The van der Waals surface area contributed by atoms with Crippen molar-refractivity contribution in [2.24, 2.45) is 11.8 Å². The van der Waals surface area contributed by atoms with E-state index in [9.17, 15) is 14.0 Å². The number of fused-ring (bicyclic) bond motifs is 1. The summed E-state index contributed by atoms with van der Waals surface area (Å²) in [6.45, 7) is 5.41. The number of anilines is 1. The van der Waals surface area contributed by atoms with Gasteiger partial charge in [-0.1, -0.05) is 31.1 Å². The third-order valence-corrected chi connectivity index (χ3v) is 5.69. The topological polar surface area (TPSA) is 58.6 Å². The summed E-state index contributed by atoms with van der Waals surface area (Å²) in [5.41, 5.74) is 1.93. The van der Waals surface area contributed by atoms with Gasteiger partial charge in [0, 0.05) is 18.9 Å². The van der Waals surface area contributed by atoms with Crippen molar-refractivity contribution in [3.63, 3.8) is 0 Å². The van der Waals surface area contributed by atoms with Crippen LogP contribution in [0.25, 0.3) is 0 Å². The minimum Gasteiger partial charge on any atom is -0.445 e. The second-order valence-corrected chi connectivity index (χ2v) is 7.86. The number of alkyl carbamates (subject to hydrolysis) is 1. The predicted octanol–water partition coefficient (Wildman–Crippen LogP) is 4.51. The van der Waals surface area contributed by atoms with E-state index in [1.165, 1.54) is 19.1 Å². The van der Waals surface area contributed by atoms with E-state index >= 15 is 0 Å². The fraction of sp³-hybridized carbons (Fsp3) is 0.417. The molecule has 1 heterocycles. The number of halogens is 1. The molecule has 2 aliphatic rings. The van der Waals surface area contributed by atoms with Crippen molar-refractivity contribution in [2.75, 3.05) is 11.5 Å². The van der Waals surface area contributed by atoms with Crippen LogP contribution in [0.3, 0.4) is 0 Å². The van der Waals surface area contributed by atoms with Crippen LogP contribution < -0.4 is 10.2 Å². The van der Waals surface area contributed by atoms with Crippen LogP contribution >= 0.6 is 0 Å². The summed E-state index contributed by atoms with van der Waals surface area (Å²) in [5, 5.41) is 2.93. The molecule has 0 radical (unpaired) electrons. The number of nitrogens with one attached hydrogen (secondary N) is 1. The van der Waals surface area contributed by atoms with Gasteiger partial charge in [-0.3, -0.25) is 4.79 Å². The number of benzene rings is 1. The molecule has 1 aromatic carbocycles. The fourth-order valence-electron chi connectivity index (χ4n) is 4.31. The maximum atomic E-state index is 14.0. The number of terminal acetylenes is 1. The number of carbonyl (C=O) groups is 2. The van der Waals surface area contributed by atoms with Gasteiger partial charge in [-0.05, 0) is 55.0 Å². The number of hydrogen-bond donors (Lipinski definition) is 1. The molecule has 0 bridgehead atoms. The summed E-state index contributed by atoms with van der Waals surface area (Å²) < 4.78 is 19.4. The largest absolute Gasteiger partial charge is 0.445 e. The van der Waals surface area contributed by atoms with Gasteiger partial charge in [-0.25, -0.2) is 9.18 Å². The molecule has 3 atom stereocenters. The van der Waals surface area contributed by atoms with Crippen molar-refractivity contribution in [1.29, 1.82) is 0 Å². The summed E-state index contributed by atoms with van der Waals surface area (Å²) in [5.74, 6) is 2.18. The van der Waals surface area contributed by atoms with Gasteiger partial charge in [-0.2, -0.15) is 0 Å². The van der Waals surface area contributed by atoms with E-state index < -0.39 is 18.0 Å². The Balaban J connectivity index is 1.86. The molecule has 3 rings (SSSR count). The van der Waals surface area contributed by atoms with Crippen LogP contribution in [0, 0.1) is 30.0 Å². The van der Waals surface area contributed by atoms with Gasteiger partial charge in [0.25, 0.3) is 0 Å². The second-order valence-electron chi connectivity index (χ2n) is 7.86. The molecule has 1 aliphatic carbocycles. The Hall–Kier alpha value is -3.07. The predicted molar refractivity (Wildman–Crippen MR) is 114 cm³/mol. The second kappa shape index (κ2) is 9.17. The van der Waals surface area contributed by atoms with Crippen LogP contribution in [-0.4, -0.2) is 24.6 Å². The van der Waals surface area contributed by atoms with E-state index in [-0.39, 0.29) is 24.5 Å². The van der Waals surface area contributed by atoms with E-state index in [2.05, 4.69) is 11.2 Å². The summed E-state index contributed by atoms with van der Waals surface area (Å²) in [4.78, 5) is 26.7. The maximum Gasteiger partial charge on any atom is 0.407 e. The van der Waals surface area contributed by atoms with Crippen molar-refractivity contribution in [2.45, 2.75) is 45.7 Å². The van der Waals surface area contributed by atoms with Gasteiger partial charge in [0.15, 0.2) is 0 Å². The summed E-state index contributed by atoms with van der Waals surface area (Å²) in [6, 6.07) is 3.87. The smallest absolute Gasteiger partial charge is 0.407 e. The zero-order chi connectivity index (χ0) is 21.8. The van der Waals surface area contributed by atoms with E-state index in [1.54, 1.807) is 23.1 Å². The molecule has 1 aromatic rings. The van der Waals surface area contributed by atoms with Crippen molar-refractivity contribution in [3.05, 3.63) is 53.4 Å². The summed E-state index contributed by atoms with van der Waals surface area (Å²) >= 11 is 0. The van der Waals surface area contributed by atoms with Crippen LogP contribution in [0.5, 0.6) is 0 Å². The molecule has 158 valence electrons. The molecular weight excluding hydrogens is 383 g/mol. The molecular formula is C24H27FN2O3. The monoisotopic (exact) mass is 410 g/mol. The first-order valence-corrected chi connectivity index (χ1v) is 10.2. The van der Waals surface area contributed by atoms with Crippen molar-refractivity contribution < 1.29 is 18.7 Å². The van der Waals surface area contributed by atoms with Crippen molar-refractivity contribution in [3.8, 4) is 12.3 Å². The van der Waals surface area contributed by atoms with Crippen LogP contribution in [0.2, 0.25) is 0 Å². The number of rotatable bonds is 5. The summed E-state index contributed by atoms with van der Waals surface area (Å²) in [6.07, 6.45) is 11.9. The highest BCUT2D eigenvalue weighted by atomic mass is 19.1. The molecule has 30 heavy (non-hydrogen) atoms. The van der Waals surface area contributed by atoms with E-state index in [4.69, 9.17) is 11.2 Å². The minimum atomic E-state index is -0.583. The maximum absolute atomic E-state index is 14.0. The summed E-state index contributed by atoms with van der Waals surface area (Å²) in [7, 11) is 0. The van der Waals surface area contributed by atoms with Crippen LogP contribution in [0.1, 0.15) is 45.2 Å². The molecule has 2 amide bonds. The molecule has 5 nitrogen and oxygen atoms in total. The van der Waals surface area contributed by atoms with Crippen LogP contribution in [0.4, 0.5) is 14.9 Å².